The van der Waals surface area contributed by atoms with Gasteiger partial charge in [0.2, 0.25) is 0 Å². The minimum absolute atomic E-state index is 0.0439. The number of halogens is 1. The highest BCUT2D eigenvalue weighted by Crippen LogP contribution is 2.29. The molecule has 0 fully saturated rings. The van der Waals surface area contributed by atoms with Gasteiger partial charge in [0, 0.05) is 5.69 Å². The first-order valence-corrected chi connectivity index (χ1v) is 8.57. The topological polar surface area (TPSA) is 41.5 Å². The van der Waals surface area contributed by atoms with Crippen molar-refractivity contribution in [2.24, 2.45) is 5.41 Å². The normalized spacial score (nSPS) is 12.8. The van der Waals surface area contributed by atoms with Crippen LogP contribution in [0.2, 0.25) is 0 Å². The third-order valence-corrected chi connectivity index (χ3v) is 3.92. The summed E-state index contributed by atoms with van der Waals surface area (Å²) in [4.78, 5) is 0. The molecule has 0 aliphatic carbocycles. The zero-order valence-electron chi connectivity index (χ0n) is 15.7. The molecule has 1 unspecified atom stereocenters. The van der Waals surface area contributed by atoms with Gasteiger partial charge in [-0.2, -0.15) is 0 Å². The Morgan fingerprint density at radius 1 is 1.12 bits per heavy atom. The quantitative estimate of drug-likeness (QED) is 0.708. The molecule has 2 rings (SSSR count). The molecule has 0 saturated heterocycles. The van der Waals surface area contributed by atoms with E-state index in [1.54, 1.807) is 6.07 Å². The molecule has 25 heavy (non-hydrogen) atoms. The summed E-state index contributed by atoms with van der Waals surface area (Å²) < 4.78 is 19.0. The Bertz CT molecular complexity index is 699. The van der Waals surface area contributed by atoms with E-state index in [2.05, 4.69) is 26.1 Å². The van der Waals surface area contributed by atoms with Crippen molar-refractivity contribution in [3.8, 4) is 5.75 Å². The Morgan fingerprint density at radius 3 is 2.32 bits per heavy atom. The molecule has 1 atom stereocenters. The molecule has 2 N–H and O–H groups in total. The van der Waals surface area contributed by atoms with E-state index >= 15 is 0 Å². The lowest BCUT2D eigenvalue weighted by Crippen LogP contribution is -2.25. The van der Waals surface area contributed by atoms with Gasteiger partial charge in [-0.1, -0.05) is 32.9 Å². The van der Waals surface area contributed by atoms with Gasteiger partial charge in [0.05, 0.1) is 0 Å². The van der Waals surface area contributed by atoms with Crippen molar-refractivity contribution in [2.75, 3.05) is 5.32 Å². The van der Waals surface area contributed by atoms with Crippen LogP contribution in [-0.4, -0.2) is 11.3 Å². The molecule has 0 aliphatic heterocycles. The van der Waals surface area contributed by atoms with E-state index < -0.39 is 6.23 Å². The second-order valence-corrected chi connectivity index (χ2v) is 7.78. The van der Waals surface area contributed by atoms with Crippen molar-refractivity contribution in [3.05, 3.63) is 58.9 Å². The summed E-state index contributed by atoms with van der Waals surface area (Å²) >= 11 is 0. The molecule has 2 aromatic carbocycles. The van der Waals surface area contributed by atoms with Crippen LogP contribution in [0.4, 0.5) is 10.1 Å². The van der Waals surface area contributed by atoms with E-state index in [9.17, 15) is 9.50 Å². The molecule has 0 amide bonds. The zero-order valence-corrected chi connectivity index (χ0v) is 15.7. The summed E-state index contributed by atoms with van der Waals surface area (Å²) in [6.45, 7) is 10.6. The molecule has 0 radical (unpaired) electrons. The van der Waals surface area contributed by atoms with E-state index in [0.29, 0.717) is 13.0 Å². The summed E-state index contributed by atoms with van der Waals surface area (Å²) in [5, 5.41) is 13.5. The Labute approximate surface area is 149 Å². The third kappa shape index (κ3) is 6.05. The molecule has 0 heterocycles. The van der Waals surface area contributed by atoms with E-state index in [1.165, 1.54) is 12.1 Å². The average molecular weight is 345 g/mol. The Kier molecular flexibility index (Phi) is 6.07. The van der Waals surface area contributed by atoms with E-state index in [0.717, 1.165) is 28.1 Å². The van der Waals surface area contributed by atoms with Crippen molar-refractivity contribution in [1.29, 1.82) is 0 Å². The molecule has 3 nitrogen and oxygen atoms in total. The monoisotopic (exact) mass is 345 g/mol. The van der Waals surface area contributed by atoms with Gasteiger partial charge in [0.1, 0.15) is 24.4 Å². The molecule has 0 bridgehead atoms. The van der Waals surface area contributed by atoms with Crippen molar-refractivity contribution in [1.82, 2.24) is 0 Å². The maximum absolute atomic E-state index is 13.2. The average Bonchev–Trinajstić information content (AvgIpc) is 2.47. The van der Waals surface area contributed by atoms with Crippen molar-refractivity contribution in [3.63, 3.8) is 0 Å². The van der Waals surface area contributed by atoms with Crippen molar-refractivity contribution < 1.29 is 14.2 Å². The predicted octanol–water partition coefficient (Wildman–Crippen LogP) is 5.19. The van der Waals surface area contributed by atoms with Crippen LogP contribution in [0.15, 0.2) is 36.4 Å². The number of ether oxygens (including phenoxy) is 1. The number of aryl methyl sites for hydroxylation is 2. The number of benzene rings is 2. The van der Waals surface area contributed by atoms with Gasteiger partial charge in [-0.15, -0.1) is 0 Å². The molecule has 0 saturated carbocycles. The van der Waals surface area contributed by atoms with Crippen LogP contribution in [-0.2, 0) is 6.61 Å². The summed E-state index contributed by atoms with van der Waals surface area (Å²) in [7, 11) is 0. The first-order chi connectivity index (χ1) is 11.6. The molecule has 136 valence electrons. The van der Waals surface area contributed by atoms with E-state index in [4.69, 9.17) is 4.74 Å². The summed E-state index contributed by atoms with van der Waals surface area (Å²) in [6.07, 6.45) is 0.0560. The van der Waals surface area contributed by atoms with Crippen LogP contribution in [0.5, 0.6) is 5.75 Å². The highest BCUT2D eigenvalue weighted by molar-refractivity contribution is 5.60. The van der Waals surface area contributed by atoms with Crippen LogP contribution < -0.4 is 10.1 Å². The third-order valence-electron chi connectivity index (χ3n) is 3.92. The van der Waals surface area contributed by atoms with Crippen LogP contribution in [0.1, 0.15) is 43.9 Å². The number of aliphatic hydroxyl groups is 1. The maximum atomic E-state index is 13.2. The van der Waals surface area contributed by atoms with Crippen molar-refractivity contribution >= 4 is 5.69 Å². The van der Waals surface area contributed by atoms with Crippen molar-refractivity contribution in [2.45, 2.75) is 53.9 Å². The number of hydrogen-bond acceptors (Lipinski definition) is 3. The van der Waals surface area contributed by atoms with Gasteiger partial charge < -0.3 is 15.2 Å². The van der Waals surface area contributed by atoms with Gasteiger partial charge in [0.25, 0.3) is 0 Å². The van der Waals surface area contributed by atoms with Gasteiger partial charge in [-0.3, -0.25) is 0 Å². The molecular formula is C21H28FNO2. The number of rotatable bonds is 6. The smallest absolute Gasteiger partial charge is 0.124 e. The SMILES string of the molecule is Cc1cc(OCc2cccc(F)c2)cc(C)c1NC(O)CC(C)(C)C. The first-order valence-electron chi connectivity index (χ1n) is 8.57. The Balaban J connectivity index is 2.06. The summed E-state index contributed by atoms with van der Waals surface area (Å²) in [5.41, 5.74) is 3.76. The van der Waals surface area contributed by atoms with E-state index in [1.807, 2.05) is 32.0 Å². The molecule has 0 aromatic heterocycles. The van der Waals surface area contributed by atoms with E-state index in [-0.39, 0.29) is 11.2 Å². The first kappa shape index (κ1) is 19.3. The van der Waals surface area contributed by atoms with Crippen LogP contribution in [0.25, 0.3) is 0 Å². The number of anilines is 1. The second kappa shape index (κ2) is 7.87. The standard InChI is InChI=1S/C21H28FNO2/c1-14-9-18(25-13-16-7-6-8-17(22)11-16)10-15(2)20(14)23-19(24)12-21(3,4)5/h6-11,19,23-24H,12-13H2,1-5H3. The summed E-state index contributed by atoms with van der Waals surface area (Å²) in [5.74, 6) is 0.468. The number of hydrogen-bond donors (Lipinski definition) is 2. The lowest BCUT2D eigenvalue weighted by atomic mass is 9.91. The number of aliphatic hydroxyl groups excluding tert-OH is 1. The van der Waals surface area contributed by atoms with Gasteiger partial charge in [-0.25, -0.2) is 4.39 Å². The van der Waals surface area contributed by atoms with Gasteiger partial charge in [0.15, 0.2) is 0 Å². The van der Waals surface area contributed by atoms with Gasteiger partial charge in [-0.05, 0) is 66.6 Å². The molecule has 4 heteroatoms. The minimum Gasteiger partial charge on any atom is -0.489 e. The van der Waals surface area contributed by atoms with Gasteiger partial charge >= 0.3 is 0 Å². The zero-order chi connectivity index (χ0) is 18.6. The highest BCUT2D eigenvalue weighted by atomic mass is 19.1. The van der Waals surface area contributed by atoms with Crippen LogP contribution in [0.3, 0.4) is 0 Å². The molecule has 2 aromatic rings. The van der Waals surface area contributed by atoms with Crippen LogP contribution >= 0.6 is 0 Å². The minimum atomic E-state index is -0.600. The Hall–Kier alpha value is -2.07. The molecular weight excluding hydrogens is 317 g/mol. The van der Waals surface area contributed by atoms with Crippen LogP contribution in [0, 0.1) is 25.1 Å². The summed E-state index contributed by atoms with van der Waals surface area (Å²) in [6, 6.07) is 10.3. The molecule has 0 aliphatic rings. The highest BCUT2D eigenvalue weighted by Gasteiger charge is 2.18. The Morgan fingerprint density at radius 2 is 1.76 bits per heavy atom. The fourth-order valence-electron chi connectivity index (χ4n) is 2.83. The number of nitrogens with one attached hydrogen (secondary N) is 1. The fourth-order valence-corrected chi connectivity index (χ4v) is 2.83. The fraction of sp³-hybridized carbons (Fsp3) is 0.429. The lowest BCUT2D eigenvalue weighted by molar-refractivity contribution is 0.145. The predicted molar refractivity (Wildman–Crippen MR) is 100 cm³/mol. The largest absolute Gasteiger partial charge is 0.489 e. The maximum Gasteiger partial charge on any atom is 0.124 e. The lowest BCUT2D eigenvalue weighted by Gasteiger charge is -2.25. The second-order valence-electron chi connectivity index (χ2n) is 7.78. The molecule has 0 spiro atoms.